The minimum absolute atomic E-state index is 0.196. The smallest absolute Gasteiger partial charge is 0.339 e. The SMILES string of the molecule is CCC(CC)Nc1ncc(Br)cc1C(=O)O. The van der Waals surface area contributed by atoms with Gasteiger partial charge in [0.2, 0.25) is 0 Å². The van der Waals surface area contributed by atoms with Crippen LogP contribution in [0.5, 0.6) is 0 Å². The number of halogens is 1. The third kappa shape index (κ3) is 3.20. The number of nitrogens with one attached hydrogen (secondary N) is 1. The molecule has 0 bridgehead atoms. The summed E-state index contributed by atoms with van der Waals surface area (Å²) in [5, 5.41) is 12.2. The number of carbonyl (C=O) groups is 1. The number of carboxylic acids is 1. The number of aromatic carboxylic acids is 1. The molecule has 0 spiro atoms. The summed E-state index contributed by atoms with van der Waals surface area (Å²) in [6.45, 7) is 4.11. The van der Waals surface area contributed by atoms with E-state index in [0.29, 0.717) is 10.3 Å². The Labute approximate surface area is 103 Å². The lowest BCUT2D eigenvalue weighted by atomic mass is 10.1. The fourth-order valence-electron chi connectivity index (χ4n) is 1.40. The molecule has 5 heteroatoms. The van der Waals surface area contributed by atoms with E-state index in [2.05, 4.69) is 40.1 Å². The van der Waals surface area contributed by atoms with Crippen molar-refractivity contribution in [2.45, 2.75) is 32.7 Å². The molecule has 1 heterocycles. The summed E-state index contributed by atoms with van der Waals surface area (Å²) in [7, 11) is 0. The van der Waals surface area contributed by atoms with Gasteiger partial charge in [-0.3, -0.25) is 0 Å². The maximum absolute atomic E-state index is 11.0. The van der Waals surface area contributed by atoms with Crippen molar-refractivity contribution in [3.8, 4) is 0 Å². The van der Waals surface area contributed by atoms with Gasteiger partial charge in [-0.2, -0.15) is 0 Å². The monoisotopic (exact) mass is 286 g/mol. The molecule has 0 aromatic carbocycles. The number of aromatic nitrogens is 1. The molecule has 0 saturated carbocycles. The van der Waals surface area contributed by atoms with Gasteiger partial charge in [0.25, 0.3) is 0 Å². The first-order chi connectivity index (χ1) is 7.58. The summed E-state index contributed by atoms with van der Waals surface area (Å²) in [5.41, 5.74) is 0.196. The van der Waals surface area contributed by atoms with Crippen LogP contribution in [-0.2, 0) is 0 Å². The Morgan fingerprint density at radius 2 is 2.19 bits per heavy atom. The molecule has 16 heavy (non-hydrogen) atoms. The van der Waals surface area contributed by atoms with Crippen LogP contribution in [0.3, 0.4) is 0 Å². The van der Waals surface area contributed by atoms with E-state index in [1.807, 2.05) is 0 Å². The average Bonchev–Trinajstić information content (AvgIpc) is 2.27. The number of carboxylic acid groups (broad SMARTS) is 1. The Balaban J connectivity index is 2.98. The Bertz CT molecular complexity index is 378. The van der Waals surface area contributed by atoms with Gasteiger partial charge in [0.1, 0.15) is 11.4 Å². The summed E-state index contributed by atoms with van der Waals surface area (Å²) in [4.78, 5) is 15.1. The van der Waals surface area contributed by atoms with Crippen molar-refractivity contribution < 1.29 is 9.90 Å². The van der Waals surface area contributed by atoms with E-state index in [0.717, 1.165) is 12.8 Å². The van der Waals surface area contributed by atoms with Crippen LogP contribution in [0.4, 0.5) is 5.82 Å². The van der Waals surface area contributed by atoms with Crippen molar-refractivity contribution in [3.05, 3.63) is 22.3 Å². The van der Waals surface area contributed by atoms with Gasteiger partial charge >= 0.3 is 5.97 Å². The zero-order chi connectivity index (χ0) is 12.1. The highest BCUT2D eigenvalue weighted by Gasteiger charge is 2.14. The Morgan fingerprint density at radius 1 is 1.56 bits per heavy atom. The molecule has 2 N–H and O–H groups in total. The predicted octanol–water partition coefficient (Wildman–Crippen LogP) is 3.14. The Hall–Kier alpha value is -1.10. The fourth-order valence-corrected chi connectivity index (χ4v) is 1.73. The second kappa shape index (κ2) is 5.84. The molecule has 0 saturated heterocycles. The normalized spacial score (nSPS) is 10.5. The largest absolute Gasteiger partial charge is 0.478 e. The van der Waals surface area contributed by atoms with E-state index < -0.39 is 5.97 Å². The van der Waals surface area contributed by atoms with Crippen LogP contribution in [0, 0.1) is 0 Å². The number of rotatable bonds is 5. The molecule has 0 radical (unpaired) electrons. The molecule has 88 valence electrons. The highest BCUT2D eigenvalue weighted by molar-refractivity contribution is 9.10. The third-order valence-electron chi connectivity index (χ3n) is 2.41. The number of pyridine rings is 1. The van der Waals surface area contributed by atoms with Gasteiger partial charge in [-0.25, -0.2) is 9.78 Å². The zero-order valence-electron chi connectivity index (χ0n) is 9.33. The molecule has 0 unspecified atom stereocenters. The van der Waals surface area contributed by atoms with E-state index in [-0.39, 0.29) is 11.6 Å². The van der Waals surface area contributed by atoms with Gasteiger partial charge in [0, 0.05) is 16.7 Å². The molecule has 1 aromatic heterocycles. The fraction of sp³-hybridized carbons (Fsp3) is 0.455. The van der Waals surface area contributed by atoms with E-state index >= 15 is 0 Å². The summed E-state index contributed by atoms with van der Waals surface area (Å²) in [6.07, 6.45) is 3.47. The standard InChI is InChI=1S/C11H15BrN2O2/c1-3-8(4-2)14-10-9(11(15)16)5-7(12)6-13-10/h5-6,8H,3-4H2,1-2H3,(H,13,14)(H,15,16). The molecule has 0 atom stereocenters. The number of hydrogen-bond donors (Lipinski definition) is 2. The summed E-state index contributed by atoms with van der Waals surface area (Å²) < 4.78 is 0.667. The van der Waals surface area contributed by atoms with Crippen LogP contribution in [0.25, 0.3) is 0 Å². The van der Waals surface area contributed by atoms with E-state index in [1.54, 1.807) is 12.3 Å². The van der Waals surface area contributed by atoms with Crippen LogP contribution >= 0.6 is 15.9 Å². The van der Waals surface area contributed by atoms with Gasteiger partial charge in [0.15, 0.2) is 0 Å². The number of hydrogen-bond acceptors (Lipinski definition) is 3. The van der Waals surface area contributed by atoms with Crippen molar-refractivity contribution in [3.63, 3.8) is 0 Å². The van der Waals surface area contributed by atoms with Crippen molar-refractivity contribution in [1.29, 1.82) is 0 Å². The van der Waals surface area contributed by atoms with Crippen molar-refractivity contribution >= 4 is 27.7 Å². The molecule has 0 aliphatic rings. The van der Waals surface area contributed by atoms with Gasteiger partial charge in [-0.05, 0) is 34.8 Å². The van der Waals surface area contributed by atoms with E-state index in [1.165, 1.54) is 0 Å². The van der Waals surface area contributed by atoms with Crippen LogP contribution in [0.15, 0.2) is 16.7 Å². The summed E-state index contributed by atoms with van der Waals surface area (Å²) in [5.74, 6) is -0.536. The van der Waals surface area contributed by atoms with Gasteiger partial charge < -0.3 is 10.4 Å². The minimum Gasteiger partial charge on any atom is -0.478 e. The van der Waals surface area contributed by atoms with Gasteiger partial charge in [0.05, 0.1) is 0 Å². The molecule has 4 nitrogen and oxygen atoms in total. The summed E-state index contributed by atoms with van der Waals surface area (Å²) in [6, 6.07) is 1.81. The number of anilines is 1. The van der Waals surface area contributed by atoms with Crippen LogP contribution < -0.4 is 5.32 Å². The first-order valence-corrected chi connectivity index (χ1v) is 6.03. The average molecular weight is 287 g/mol. The second-order valence-electron chi connectivity index (χ2n) is 3.51. The Morgan fingerprint density at radius 3 is 2.69 bits per heavy atom. The third-order valence-corrected chi connectivity index (χ3v) is 2.84. The van der Waals surface area contributed by atoms with E-state index in [9.17, 15) is 4.79 Å². The molecule has 0 fully saturated rings. The highest BCUT2D eigenvalue weighted by atomic mass is 79.9. The maximum Gasteiger partial charge on any atom is 0.339 e. The quantitative estimate of drug-likeness (QED) is 0.873. The summed E-state index contributed by atoms with van der Waals surface area (Å²) >= 11 is 3.21. The molecule has 0 aliphatic carbocycles. The second-order valence-corrected chi connectivity index (χ2v) is 4.43. The molecule has 0 aliphatic heterocycles. The van der Waals surface area contributed by atoms with Gasteiger partial charge in [-0.1, -0.05) is 13.8 Å². The maximum atomic E-state index is 11.0. The molecule has 1 rings (SSSR count). The van der Waals surface area contributed by atoms with Crippen LogP contribution in [0.1, 0.15) is 37.0 Å². The van der Waals surface area contributed by atoms with Crippen molar-refractivity contribution in [1.82, 2.24) is 4.98 Å². The Kier molecular flexibility index (Phi) is 4.73. The van der Waals surface area contributed by atoms with Crippen molar-refractivity contribution in [2.75, 3.05) is 5.32 Å². The molecular weight excluding hydrogens is 272 g/mol. The lowest BCUT2D eigenvalue weighted by Gasteiger charge is -2.16. The molecule has 1 aromatic rings. The lowest BCUT2D eigenvalue weighted by Crippen LogP contribution is -2.20. The molecule has 0 amide bonds. The topological polar surface area (TPSA) is 62.2 Å². The lowest BCUT2D eigenvalue weighted by molar-refractivity contribution is 0.0697. The molecular formula is C11H15BrN2O2. The van der Waals surface area contributed by atoms with Crippen LogP contribution in [-0.4, -0.2) is 22.1 Å². The first kappa shape index (κ1) is 13.0. The van der Waals surface area contributed by atoms with Crippen LogP contribution in [0.2, 0.25) is 0 Å². The zero-order valence-corrected chi connectivity index (χ0v) is 10.9. The first-order valence-electron chi connectivity index (χ1n) is 5.23. The minimum atomic E-state index is -0.970. The highest BCUT2D eigenvalue weighted by Crippen LogP contribution is 2.19. The van der Waals surface area contributed by atoms with Crippen molar-refractivity contribution in [2.24, 2.45) is 0 Å². The van der Waals surface area contributed by atoms with Gasteiger partial charge in [-0.15, -0.1) is 0 Å². The predicted molar refractivity (Wildman–Crippen MR) is 66.9 cm³/mol. The van der Waals surface area contributed by atoms with E-state index in [4.69, 9.17) is 5.11 Å². The number of nitrogens with zero attached hydrogens (tertiary/aromatic N) is 1.